The number of carbonyl (C=O) groups excluding carboxylic acids is 1. The summed E-state index contributed by atoms with van der Waals surface area (Å²) in [5.74, 6) is 2.45. The first-order valence-corrected chi connectivity index (χ1v) is 6.47. The van der Waals surface area contributed by atoms with Crippen LogP contribution in [0.1, 0.15) is 6.42 Å². The molecule has 0 aliphatic carbocycles. The minimum absolute atomic E-state index is 0.464. The predicted octanol–water partition coefficient (Wildman–Crippen LogP) is 3.02. The predicted molar refractivity (Wildman–Crippen MR) is 75.0 cm³/mol. The molecule has 0 atom stereocenters. The van der Waals surface area contributed by atoms with Crippen LogP contribution < -0.4 is 5.32 Å². The average Bonchev–Trinajstić information content (AvgIpc) is 2.74. The lowest BCUT2D eigenvalue weighted by Gasteiger charge is -1.95. The molecular formula is C12H11BrN2OS. The molecule has 0 saturated heterocycles. The first kappa shape index (κ1) is 13.7. The van der Waals surface area contributed by atoms with E-state index in [0.29, 0.717) is 18.5 Å². The zero-order chi connectivity index (χ0) is 12.5. The Kier molecular flexibility index (Phi) is 6.30. The molecule has 5 heteroatoms. The molecule has 0 aliphatic rings. The van der Waals surface area contributed by atoms with Gasteiger partial charge >= 0.3 is 0 Å². The lowest BCUT2D eigenvalue weighted by atomic mass is 10.2. The van der Waals surface area contributed by atoms with E-state index in [1.807, 2.05) is 6.08 Å². The van der Waals surface area contributed by atoms with E-state index in [0.717, 1.165) is 15.2 Å². The maximum absolute atomic E-state index is 10.7. The Bertz CT molecular complexity index is 471. The van der Waals surface area contributed by atoms with Crippen LogP contribution in [0.5, 0.6) is 0 Å². The Hall–Kier alpha value is -1.38. The highest BCUT2D eigenvalue weighted by atomic mass is 79.9. The first-order chi connectivity index (χ1) is 8.26. The molecule has 0 bridgehead atoms. The number of anilines is 1. The molecule has 17 heavy (non-hydrogen) atoms. The van der Waals surface area contributed by atoms with Gasteiger partial charge in [-0.25, -0.2) is 4.98 Å². The fraction of sp³-hybridized carbons (Fsp3) is 0.167. The molecule has 0 unspecified atom stereocenters. The Labute approximate surface area is 113 Å². The van der Waals surface area contributed by atoms with Gasteiger partial charge in [0.05, 0.1) is 9.98 Å². The van der Waals surface area contributed by atoms with E-state index >= 15 is 0 Å². The Morgan fingerprint density at radius 3 is 3.12 bits per heavy atom. The minimum atomic E-state index is 0.464. The van der Waals surface area contributed by atoms with Gasteiger partial charge in [-0.3, -0.25) is 4.79 Å². The standard InChI is InChI=1S/C12H11BrN2OS/c1-2-3-5-10(9-16)6-4-7-14-12-15-8-11(13)17-12/h1,4-6,8-9H,3,7H2,(H,14,15)/b6-4-,10-5+. The maximum atomic E-state index is 10.7. The summed E-state index contributed by atoms with van der Waals surface area (Å²) in [7, 11) is 0. The summed E-state index contributed by atoms with van der Waals surface area (Å²) in [6, 6.07) is 0. The van der Waals surface area contributed by atoms with Crippen molar-refractivity contribution in [3.63, 3.8) is 0 Å². The van der Waals surface area contributed by atoms with Gasteiger partial charge in [-0.05, 0) is 15.9 Å². The van der Waals surface area contributed by atoms with Crippen LogP contribution in [0.4, 0.5) is 5.13 Å². The Balaban J connectivity index is 2.39. The number of nitrogens with zero attached hydrogens (tertiary/aromatic N) is 1. The summed E-state index contributed by atoms with van der Waals surface area (Å²) >= 11 is 4.84. The topological polar surface area (TPSA) is 42.0 Å². The van der Waals surface area contributed by atoms with Gasteiger partial charge in [0.2, 0.25) is 0 Å². The molecule has 1 N–H and O–H groups in total. The molecule has 0 radical (unpaired) electrons. The van der Waals surface area contributed by atoms with Crippen molar-refractivity contribution >= 4 is 38.7 Å². The average molecular weight is 311 g/mol. The molecule has 0 aromatic carbocycles. The van der Waals surface area contributed by atoms with Crippen LogP contribution in [-0.2, 0) is 4.79 Å². The number of hydrogen-bond donors (Lipinski definition) is 1. The van der Waals surface area contributed by atoms with Crippen LogP contribution in [0.3, 0.4) is 0 Å². The molecule has 1 heterocycles. The molecule has 0 amide bonds. The van der Waals surface area contributed by atoms with E-state index in [1.54, 1.807) is 18.3 Å². The lowest BCUT2D eigenvalue weighted by Crippen LogP contribution is -1.97. The van der Waals surface area contributed by atoms with Gasteiger partial charge in [-0.15, -0.1) is 12.3 Å². The summed E-state index contributed by atoms with van der Waals surface area (Å²) < 4.78 is 0.978. The number of terminal acetylenes is 1. The fourth-order valence-electron chi connectivity index (χ4n) is 1.01. The maximum Gasteiger partial charge on any atom is 0.183 e. The van der Waals surface area contributed by atoms with Gasteiger partial charge < -0.3 is 5.32 Å². The van der Waals surface area contributed by atoms with Crippen molar-refractivity contribution in [2.24, 2.45) is 0 Å². The molecule has 0 spiro atoms. The van der Waals surface area contributed by atoms with E-state index in [1.165, 1.54) is 11.3 Å². The number of aldehydes is 1. The van der Waals surface area contributed by atoms with Gasteiger partial charge in [0, 0.05) is 18.5 Å². The van der Waals surface area contributed by atoms with Crippen LogP contribution in [0.25, 0.3) is 0 Å². The van der Waals surface area contributed by atoms with Crippen molar-refractivity contribution in [1.29, 1.82) is 0 Å². The summed E-state index contributed by atoms with van der Waals surface area (Å²) in [4.78, 5) is 14.8. The number of carbonyl (C=O) groups is 1. The van der Waals surface area contributed by atoms with E-state index in [9.17, 15) is 4.79 Å². The number of thiazole rings is 1. The highest BCUT2D eigenvalue weighted by molar-refractivity contribution is 9.11. The second-order valence-corrected chi connectivity index (χ2v) is 5.39. The Morgan fingerprint density at radius 2 is 2.53 bits per heavy atom. The number of allylic oxidation sites excluding steroid dienone is 3. The summed E-state index contributed by atoms with van der Waals surface area (Å²) in [6.45, 7) is 0.612. The number of aromatic nitrogens is 1. The molecule has 1 aromatic heterocycles. The third kappa shape index (κ3) is 5.48. The lowest BCUT2D eigenvalue weighted by molar-refractivity contribution is -0.104. The van der Waals surface area contributed by atoms with Crippen molar-refractivity contribution in [2.45, 2.75) is 6.42 Å². The van der Waals surface area contributed by atoms with E-state index in [-0.39, 0.29) is 0 Å². The minimum Gasteiger partial charge on any atom is -0.358 e. The van der Waals surface area contributed by atoms with Crippen LogP contribution >= 0.6 is 27.3 Å². The smallest absolute Gasteiger partial charge is 0.183 e. The normalized spacial score (nSPS) is 11.4. The highest BCUT2D eigenvalue weighted by Gasteiger charge is 1.95. The van der Waals surface area contributed by atoms with Crippen LogP contribution in [-0.4, -0.2) is 17.8 Å². The van der Waals surface area contributed by atoms with Crippen LogP contribution in [0.15, 0.2) is 33.8 Å². The third-order valence-corrected chi connectivity index (χ3v) is 3.18. The first-order valence-electron chi connectivity index (χ1n) is 4.87. The number of nitrogens with one attached hydrogen (secondary N) is 1. The second-order valence-electron chi connectivity index (χ2n) is 2.98. The Morgan fingerprint density at radius 1 is 1.71 bits per heavy atom. The van der Waals surface area contributed by atoms with Gasteiger partial charge in [-0.2, -0.15) is 0 Å². The zero-order valence-corrected chi connectivity index (χ0v) is 11.4. The molecule has 0 saturated carbocycles. The molecule has 88 valence electrons. The molecule has 0 fully saturated rings. The zero-order valence-electron chi connectivity index (χ0n) is 9.02. The number of rotatable bonds is 6. The van der Waals surface area contributed by atoms with E-state index in [2.05, 4.69) is 32.2 Å². The van der Waals surface area contributed by atoms with Crippen molar-refractivity contribution in [3.05, 3.63) is 33.8 Å². The molecule has 1 aromatic rings. The molecular weight excluding hydrogens is 300 g/mol. The van der Waals surface area contributed by atoms with Crippen LogP contribution in [0.2, 0.25) is 0 Å². The summed E-state index contributed by atoms with van der Waals surface area (Å²) in [5.41, 5.74) is 0.588. The van der Waals surface area contributed by atoms with E-state index < -0.39 is 0 Å². The van der Waals surface area contributed by atoms with Gasteiger partial charge in [0.15, 0.2) is 5.13 Å². The summed E-state index contributed by atoms with van der Waals surface area (Å²) in [5, 5.41) is 3.94. The molecule has 0 aliphatic heterocycles. The highest BCUT2D eigenvalue weighted by Crippen LogP contribution is 2.22. The van der Waals surface area contributed by atoms with Crippen molar-refractivity contribution < 1.29 is 4.79 Å². The van der Waals surface area contributed by atoms with Crippen molar-refractivity contribution in [2.75, 3.05) is 11.9 Å². The monoisotopic (exact) mass is 310 g/mol. The second kappa shape index (κ2) is 7.82. The number of halogens is 1. The number of hydrogen-bond acceptors (Lipinski definition) is 4. The van der Waals surface area contributed by atoms with Crippen molar-refractivity contribution in [3.8, 4) is 12.3 Å². The van der Waals surface area contributed by atoms with E-state index in [4.69, 9.17) is 6.42 Å². The third-order valence-electron chi connectivity index (χ3n) is 1.75. The molecule has 1 rings (SSSR count). The van der Waals surface area contributed by atoms with Gasteiger partial charge in [-0.1, -0.05) is 29.6 Å². The van der Waals surface area contributed by atoms with Crippen molar-refractivity contribution in [1.82, 2.24) is 4.98 Å². The fourth-order valence-corrected chi connectivity index (χ4v) is 2.12. The molecule has 3 nitrogen and oxygen atoms in total. The van der Waals surface area contributed by atoms with Crippen LogP contribution in [0, 0.1) is 12.3 Å². The van der Waals surface area contributed by atoms with Gasteiger partial charge in [0.25, 0.3) is 0 Å². The SMILES string of the molecule is C#CC/C=C(C=O)\C=C/CNc1ncc(Br)s1. The quantitative estimate of drug-likeness (QED) is 0.380. The summed E-state index contributed by atoms with van der Waals surface area (Å²) in [6.07, 6.45) is 13.4. The van der Waals surface area contributed by atoms with Gasteiger partial charge in [0.1, 0.15) is 6.29 Å². The largest absolute Gasteiger partial charge is 0.358 e.